The van der Waals surface area contributed by atoms with Crippen molar-refractivity contribution in [2.45, 2.75) is 65.7 Å². The van der Waals surface area contributed by atoms with Crippen LogP contribution in [-0.4, -0.2) is 13.1 Å². The van der Waals surface area contributed by atoms with Gasteiger partial charge in [-0.3, -0.25) is 0 Å². The van der Waals surface area contributed by atoms with E-state index in [9.17, 15) is 0 Å². The average Bonchev–Trinajstić information content (AvgIpc) is 2.43. The van der Waals surface area contributed by atoms with Crippen LogP contribution in [0.5, 0.6) is 0 Å². The first-order valence-electron chi connectivity index (χ1n) is 8.10. The monoisotopic (exact) mass is 261 g/mol. The van der Waals surface area contributed by atoms with Crippen LogP contribution in [0.4, 0.5) is 5.69 Å². The normalized spacial score (nSPS) is 10.7. The van der Waals surface area contributed by atoms with Crippen LogP contribution in [0.3, 0.4) is 0 Å². The zero-order chi connectivity index (χ0) is 13.9. The van der Waals surface area contributed by atoms with Crippen LogP contribution in [0.1, 0.15) is 64.4 Å². The molecule has 108 valence electrons. The molecule has 0 unspecified atom stereocenters. The van der Waals surface area contributed by atoms with Gasteiger partial charge in [-0.05, 0) is 31.9 Å². The SMILES string of the molecule is CCCCCCCCCN(CC)c1ccccc1C. The van der Waals surface area contributed by atoms with Gasteiger partial charge in [-0.25, -0.2) is 0 Å². The Morgan fingerprint density at radius 3 is 2.11 bits per heavy atom. The van der Waals surface area contributed by atoms with Crippen molar-refractivity contribution in [1.82, 2.24) is 0 Å². The fourth-order valence-corrected chi connectivity index (χ4v) is 2.63. The van der Waals surface area contributed by atoms with Gasteiger partial charge in [-0.2, -0.15) is 0 Å². The molecule has 1 aromatic rings. The summed E-state index contributed by atoms with van der Waals surface area (Å²) in [6.07, 6.45) is 9.71. The van der Waals surface area contributed by atoms with Crippen molar-refractivity contribution >= 4 is 5.69 Å². The molecule has 0 radical (unpaired) electrons. The maximum absolute atomic E-state index is 2.52. The molecule has 0 saturated heterocycles. The Morgan fingerprint density at radius 2 is 1.47 bits per heavy atom. The number of para-hydroxylation sites is 1. The molecular formula is C18H31N. The van der Waals surface area contributed by atoms with Crippen molar-refractivity contribution in [2.75, 3.05) is 18.0 Å². The minimum Gasteiger partial charge on any atom is -0.372 e. The van der Waals surface area contributed by atoms with Crippen LogP contribution in [0.15, 0.2) is 24.3 Å². The second-order valence-corrected chi connectivity index (χ2v) is 5.49. The number of rotatable bonds is 10. The Kier molecular flexibility index (Phi) is 8.36. The first-order chi connectivity index (χ1) is 9.29. The van der Waals surface area contributed by atoms with Crippen molar-refractivity contribution in [3.8, 4) is 0 Å². The Balaban J connectivity index is 2.24. The van der Waals surface area contributed by atoms with Gasteiger partial charge in [0.2, 0.25) is 0 Å². The van der Waals surface area contributed by atoms with Gasteiger partial charge in [-0.15, -0.1) is 0 Å². The van der Waals surface area contributed by atoms with Crippen LogP contribution in [0.25, 0.3) is 0 Å². The summed E-state index contributed by atoms with van der Waals surface area (Å²) < 4.78 is 0. The molecule has 0 aromatic heterocycles. The van der Waals surface area contributed by atoms with Gasteiger partial charge in [0, 0.05) is 18.8 Å². The minimum absolute atomic E-state index is 1.11. The second-order valence-electron chi connectivity index (χ2n) is 5.49. The van der Waals surface area contributed by atoms with Crippen molar-refractivity contribution in [1.29, 1.82) is 0 Å². The molecule has 0 amide bonds. The van der Waals surface area contributed by atoms with Crippen molar-refractivity contribution in [3.05, 3.63) is 29.8 Å². The van der Waals surface area contributed by atoms with Gasteiger partial charge in [0.25, 0.3) is 0 Å². The van der Waals surface area contributed by atoms with Gasteiger partial charge < -0.3 is 4.90 Å². The summed E-state index contributed by atoms with van der Waals surface area (Å²) in [5.74, 6) is 0. The molecule has 1 aromatic carbocycles. The molecule has 0 N–H and O–H groups in total. The lowest BCUT2D eigenvalue weighted by Crippen LogP contribution is -2.24. The molecule has 0 spiro atoms. The smallest absolute Gasteiger partial charge is 0.0395 e. The zero-order valence-corrected chi connectivity index (χ0v) is 13.1. The van der Waals surface area contributed by atoms with E-state index in [4.69, 9.17) is 0 Å². The van der Waals surface area contributed by atoms with E-state index in [1.807, 2.05) is 0 Å². The zero-order valence-electron chi connectivity index (χ0n) is 13.1. The maximum Gasteiger partial charge on any atom is 0.0395 e. The van der Waals surface area contributed by atoms with E-state index in [2.05, 4.69) is 49.9 Å². The lowest BCUT2D eigenvalue weighted by molar-refractivity contribution is 0.585. The summed E-state index contributed by atoms with van der Waals surface area (Å²) in [6.45, 7) is 9.06. The second kappa shape index (κ2) is 9.89. The molecule has 0 aliphatic heterocycles. The summed E-state index contributed by atoms with van der Waals surface area (Å²) in [4.78, 5) is 2.52. The largest absolute Gasteiger partial charge is 0.372 e. The lowest BCUT2D eigenvalue weighted by Gasteiger charge is -2.24. The molecule has 0 atom stereocenters. The van der Waals surface area contributed by atoms with Crippen LogP contribution in [0.2, 0.25) is 0 Å². The standard InChI is InChI=1S/C18H31N/c1-4-6-7-8-9-10-13-16-19(5-2)18-15-12-11-14-17(18)3/h11-12,14-15H,4-10,13,16H2,1-3H3. The van der Waals surface area contributed by atoms with Crippen LogP contribution >= 0.6 is 0 Å². The number of hydrogen-bond donors (Lipinski definition) is 0. The van der Waals surface area contributed by atoms with Crippen molar-refractivity contribution in [2.24, 2.45) is 0 Å². The molecule has 0 fully saturated rings. The molecule has 0 heterocycles. The number of aryl methyl sites for hydroxylation is 1. The van der Waals surface area contributed by atoms with E-state index in [1.165, 1.54) is 62.7 Å². The number of anilines is 1. The van der Waals surface area contributed by atoms with E-state index in [0.29, 0.717) is 0 Å². The highest BCUT2D eigenvalue weighted by Crippen LogP contribution is 2.19. The molecule has 1 nitrogen and oxygen atoms in total. The third-order valence-corrected chi connectivity index (χ3v) is 3.87. The molecular weight excluding hydrogens is 230 g/mol. The third-order valence-electron chi connectivity index (χ3n) is 3.87. The van der Waals surface area contributed by atoms with Gasteiger partial charge in [-0.1, -0.05) is 63.6 Å². The summed E-state index contributed by atoms with van der Waals surface area (Å²) in [5, 5.41) is 0. The van der Waals surface area contributed by atoms with Gasteiger partial charge >= 0.3 is 0 Å². The first kappa shape index (κ1) is 16.1. The predicted molar refractivity (Wildman–Crippen MR) is 87.1 cm³/mol. The number of hydrogen-bond acceptors (Lipinski definition) is 1. The number of unbranched alkanes of at least 4 members (excludes halogenated alkanes) is 6. The summed E-state index contributed by atoms with van der Waals surface area (Å²) in [7, 11) is 0. The minimum atomic E-state index is 1.11. The topological polar surface area (TPSA) is 3.24 Å². The van der Waals surface area contributed by atoms with E-state index in [0.717, 1.165) is 6.54 Å². The van der Waals surface area contributed by atoms with Crippen molar-refractivity contribution < 1.29 is 0 Å². The Hall–Kier alpha value is -0.980. The number of nitrogens with zero attached hydrogens (tertiary/aromatic N) is 1. The highest BCUT2D eigenvalue weighted by atomic mass is 15.1. The van der Waals surface area contributed by atoms with E-state index in [-0.39, 0.29) is 0 Å². The van der Waals surface area contributed by atoms with Crippen LogP contribution in [0, 0.1) is 6.92 Å². The Bertz CT molecular complexity index is 332. The predicted octanol–water partition coefficient (Wildman–Crippen LogP) is 5.57. The molecule has 0 aliphatic carbocycles. The summed E-state index contributed by atoms with van der Waals surface area (Å²) >= 11 is 0. The molecule has 1 heteroatoms. The van der Waals surface area contributed by atoms with Crippen molar-refractivity contribution in [3.63, 3.8) is 0 Å². The summed E-state index contributed by atoms with van der Waals surface area (Å²) in [5.41, 5.74) is 2.81. The number of benzene rings is 1. The fourth-order valence-electron chi connectivity index (χ4n) is 2.63. The molecule has 1 rings (SSSR count). The third kappa shape index (κ3) is 6.13. The molecule has 0 aliphatic rings. The van der Waals surface area contributed by atoms with Gasteiger partial charge in [0.05, 0.1) is 0 Å². The van der Waals surface area contributed by atoms with Crippen LogP contribution in [-0.2, 0) is 0 Å². The highest BCUT2D eigenvalue weighted by molar-refractivity contribution is 5.52. The molecule has 19 heavy (non-hydrogen) atoms. The van der Waals surface area contributed by atoms with Gasteiger partial charge in [0.15, 0.2) is 0 Å². The summed E-state index contributed by atoms with van der Waals surface area (Å²) in [6, 6.07) is 8.74. The maximum atomic E-state index is 2.52. The average molecular weight is 261 g/mol. The highest BCUT2D eigenvalue weighted by Gasteiger charge is 2.05. The van der Waals surface area contributed by atoms with Gasteiger partial charge in [0.1, 0.15) is 0 Å². The first-order valence-corrected chi connectivity index (χ1v) is 8.10. The molecule has 0 saturated carbocycles. The molecule has 0 bridgehead atoms. The van der Waals surface area contributed by atoms with E-state index >= 15 is 0 Å². The lowest BCUT2D eigenvalue weighted by atomic mass is 10.1. The quantitative estimate of drug-likeness (QED) is 0.497. The fraction of sp³-hybridized carbons (Fsp3) is 0.667. The Morgan fingerprint density at radius 1 is 0.842 bits per heavy atom. The van der Waals surface area contributed by atoms with E-state index in [1.54, 1.807) is 0 Å². The Labute approximate surface area is 120 Å². The van der Waals surface area contributed by atoms with E-state index < -0.39 is 0 Å². The van der Waals surface area contributed by atoms with Crippen LogP contribution < -0.4 is 4.90 Å².